The van der Waals surface area contributed by atoms with E-state index in [0.29, 0.717) is 17.1 Å². The lowest BCUT2D eigenvalue weighted by atomic mass is 10.2. The van der Waals surface area contributed by atoms with Crippen molar-refractivity contribution in [1.82, 2.24) is 25.6 Å². The fourth-order valence-electron chi connectivity index (χ4n) is 2.50. The third kappa shape index (κ3) is 4.88. The van der Waals surface area contributed by atoms with Gasteiger partial charge in [0.1, 0.15) is 11.4 Å². The lowest BCUT2D eigenvalue weighted by molar-refractivity contribution is 0.465. The number of hydrogen-bond acceptors (Lipinski definition) is 7. The molecule has 4 aromatic rings. The predicted octanol–water partition coefficient (Wildman–Crippen LogP) is 4.82. The summed E-state index contributed by atoms with van der Waals surface area (Å²) in [6.07, 6.45) is 1.33. The van der Waals surface area contributed by atoms with Crippen LogP contribution in [-0.4, -0.2) is 34.0 Å². The molecular weight excluding hydrogens is 487 g/mol. The molecule has 13 heteroatoms. The molecule has 0 aliphatic heterocycles. The van der Waals surface area contributed by atoms with Crippen LogP contribution < -0.4 is 9.46 Å². The lowest BCUT2D eigenvalue weighted by Crippen LogP contribution is -2.14. The number of benzene rings is 2. The van der Waals surface area contributed by atoms with Gasteiger partial charge in [-0.2, -0.15) is 5.21 Å². The molecule has 158 valence electrons. The van der Waals surface area contributed by atoms with Gasteiger partial charge in [-0.05, 0) is 53.7 Å². The molecule has 0 aliphatic carbocycles. The van der Waals surface area contributed by atoms with Gasteiger partial charge in [0.2, 0.25) is 11.7 Å². The number of pyridine rings is 1. The van der Waals surface area contributed by atoms with Crippen molar-refractivity contribution in [2.24, 2.45) is 0 Å². The lowest BCUT2D eigenvalue weighted by Gasteiger charge is -2.13. The number of anilines is 1. The molecule has 0 saturated heterocycles. The zero-order valence-electron chi connectivity index (χ0n) is 15.3. The van der Waals surface area contributed by atoms with Crippen LogP contribution in [0.3, 0.4) is 0 Å². The van der Waals surface area contributed by atoms with E-state index in [4.69, 9.17) is 39.5 Å². The molecule has 2 aromatic carbocycles. The topological polar surface area (TPSA) is 123 Å². The fraction of sp³-hybridized carbons (Fsp3) is 0. The van der Waals surface area contributed by atoms with Gasteiger partial charge in [-0.15, -0.1) is 10.2 Å². The fourth-order valence-corrected chi connectivity index (χ4v) is 4.09. The van der Waals surface area contributed by atoms with E-state index in [1.54, 1.807) is 24.3 Å². The summed E-state index contributed by atoms with van der Waals surface area (Å²) in [5.74, 6) is 0.823. The molecule has 2 heterocycles. The Morgan fingerprint density at radius 2 is 1.74 bits per heavy atom. The minimum Gasteiger partial charge on any atom is -0.437 e. The normalized spacial score (nSPS) is 11.3. The molecule has 4 rings (SSSR count). The molecule has 0 bridgehead atoms. The minimum absolute atomic E-state index is 0.000321. The van der Waals surface area contributed by atoms with Crippen molar-refractivity contribution in [1.29, 1.82) is 0 Å². The van der Waals surface area contributed by atoms with Crippen molar-refractivity contribution < 1.29 is 13.2 Å². The number of aromatic nitrogens is 5. The van der Waals surface area contributed by atoms with E-state index in [-0.39, 0.29) is 31.5 Å². The van der Waals surface area contributed by atoms with E-state index >= 15 is 0 Å². The number of nitrogens with zero attached hydrogens (tertiary/aromatic N) is 4. The second kappa shape index (κ2) is 8.67. The number of tetrazole rings is 1. The maximum atomic E-state index is 12.8. The maximum absolute atomic E-state index is 12.8. The second-order valence-corrected chi connectivity index (χ2v) is 8.98. The number of H-pyrrole nitrogens is 1. The monoisotopic (exact) mass is 496 g/mol. The highest BCUT2D eigenvalue weighted by molar-refractivity contribution is 7.92. The molecule has 0 radical (unpaired) electrons. The molecule has 0 amide bonds. The summed E-state index contributed by atoms with van der Waals surface area (Å²) >= 11 is 17.8. The van der Waals surface area contributed by atoms with E-state index < -0.39 is 10.0 Å². The van der Waals surface area contributed by atoms with Crippen LogP contribution in [0.1, 0.15) is 0 Å². The average Bonchev–Trinajstić information content (AvgIpc) is 3.27. The Balaban J connectivity index is 1.61. The van der Waals surface area contributed by atoms with Gasteiger partial charge in [-0.1, -0.05) is 34.8 Å². The first kappa shape index (κ1) is 21.3. The SMILES string of the molecule is O=S(=O)(Nc1cc(Cl)cnc1Oc1ccc(-c2nn[nH]n2)cc1)c1ccc(Cl)c(Cl)c1. The van der Waals surface area contributed by atoms with Crippen LogP contribution in [0.25, 0.3) is 11.4 Å². The van der Waals surface area contributed by atoms with Crippen LogP contribution >= 0.6 is 34.8 Å². The quantitative estimate of drug-likeness (QED) is 0.391. The summed E-state index contributed by atoms with van der Waals surface area (Å²) in [5, 5.41) is 14.2. The number of halogens is 3. The highest BCUT2D eigenvalue weighted by Crippen LogP contribution is 2.33. The average molecular weight is 498 g/mol. The predicted molar refractivity (Wildman–Crippen MR) is 116 cm³/mol. The molecule has 2 N–H and O–H groups in total. The summed E-state index contributed by atoms with van der Waals surface area (Å²) in [4.78, 5) is 4.00. The third-order valence-corrected chi connectivity index (χ3v) is 6.24. The Kier molecular flexibility index (Phi) is 5.96. The van der Waals surface area contributed by atoms with Crippen molar-refractivity contribution in [2.45, 2.75) is 4.90 Å². The number of rotatable bonds is 6. The van der Waals surface area contributed by atoms with Gasteiger partial charge < -0.3 is 4.74 Å². The van der Waals surface area contributed by atoms with Crippen LogP contribution in [0.2, 0.25) is 15.1 Å². The first-order chi connectivity index (χ1) is 14.8. The van der Waals surface area contributed by atoms with Gasteiger partial charge >= 0.3 is 0 Å². The smallest absolute Gasteiger partial charge is 0.262 e. The Morgan fingerprint density at radius 3 is 2.42 bits per heavy atom. The Bertz CT molecular complexity index is 1330. The van der Waals surface area contributed by atoms with Gasteiger partial charge in [-0.3, -0.25) is 4.72 Å². The number of hydrogen-bond donors (Lipinski definition) is 2. The number of aromatic amines is 1. The summed E-state index contributed by atoms with van der Waals surface area (Å²) in [6.45, 7) is 0. The zero-order chi connectivity index (χ0) is 22.0. The number of sulfonamides is 1. The molecular formula is C18H11Cl3N6O3S. The molecule has 0 atom stereocenters. The van der Waals surface area contributed by atoms with Crippen LogP contribution in [0.5, 0.6) is 11.6 Å². The van der Waals surface area contributed by atoms with E-state index in [0.717, 1.165) is 0 Å². The van der Waals surface area contributed by atoms with Crippen LogP contribution in [0, 0.1) is 0 Å². The molecule has 2 aromatic heterocycles. The van der Waals surface area contributed by atoms with Crippen molar-refractivity contribution in [3.05, 3.63) is 69.8 Å². The first-order valence-corrected chi connectivity index (χ1v) is 11.1. The highest BCUT2D eigenvalue weighted by Gasteiger charge is 2.19. The van der Waals surface area contributed by atoms with Crippen LogP contribution in [0.15, 0.2) is 59.6 Å². The standard InChI is InChI=1S/C18H11Cl3N6O3S/c19-11-7-16(25-31(28,29)13-5-6-14(20)15(21)8-13)18(22-9-11)30-12-3-1-10(2-4-12)17-23-26-27-24-17/h1-9,25H,(H,23,24,26,27). The van der Waals surface area contributed by atoms with Gasteiger partial charge in [-0.25, -0.2) is 13.4 Å². The number of ether oxygens (including phenoxy) is 1. The molecule has 9 nitrogen and oxygen atoms in total. The van der Waals surface area contributed by atoms with Crippen LogP contribution in [-0.2, 0) is 10.0 Å². The van der Waals surface area contributed by atoms with E-state index in [1.807, 2.05) is 0 Å². The molecule has 0 spiro atoms. The van der Waals surface area contributed by atoms with Crippen LogP contribution in [0.4, 0.5) is 5.69 Å². The van der Waals surface area contributed by atoms with Gasteiger partial charge in [0.15, 0.2) is 0 Å². The first-order valence-electron chi connectivity index (χ1n) is 8.47. The second-order valence-electron chi connectivity index (χ2n) is 6.05. The Labute approximate surface area is 191 Å². The molecule has 0 aliphatic rings. The van der Waals surface area contributed by atoms with Crippen molar-refractivity contribution >= 4 is 50.5 Å². The molecule has 0 fully saturated rings. The summed E-state index contributed by atoms with van der Waals surface area (Å²) < 4.78 is 33.8. The van der Waals surface area contributed by atoms with Crippen molar-refractivity contribution in [3.63, 3.8) is 0 Å². The minimum atomic E-state index is -4.02. The zero-order valence-corrected chi connectivity index (χ0v) is 18.3. The van der Waals surface area contributed by atoms with E-state index in [1.165, 1.54) is 30.5 Å². The highest BCUT2D eigenvalue weighted by atomic mass is 35.5. The summed E-state index contributed by atoms with van der Waals surface area (Å²) in [7, 11) is -4.02. The van der Waals surface area contributed by atoms with E-state index in [9.17, 15) is 8.42 Å². The van der Waals surface area contributed by atoms with Crippen molar-refractivity contribution in [2.75, 3.05) is 4.72 Å². The van der Waals surface area contributed by atoms with E-state index in [2.05, 4.69) is 30.3 Å². The molecule has 0 saturated carbocycles. The molecule has 31 heavy (non-hydrogen) atoms. The van der Waals surface area contributed by atoms with Crippen molar-refractivity contribution in [3.8, 4) is 23.0 Å². The third-order valence-electron chi connectivity index (χ3n) is 3.94. The van der Waals surface area contributed by atoms with Gasteiger partial charge in [0.05, 0.1) is 20.0 Å². The summed E-state index contributed by atoms with van der Waals surface area (Å²) in [5.41, 5.74) is 0.756. The largest absolute Gasteiger partial charge is 0.437 e. The van der Waals surface area contributed by atoms with Gasteiger partial charge in [0.25, 0.3) is 10.0 Å². The summed E-state index contributed by atoms with van der Waals surface area (Å²) in [6, 6.07) is 12.1. The molecule has 0 unspecified atom stereocenters. The maximum Gasteiger partial charge on any atom is 0.262 e. The number of nitrogens with one attached hydrogen (secondary N) is 2. The van der Waals surface area contributed by atoms with Gasteiger partial charge in [0, 0.05) is 11.8 Å². The Hall–Kier alpha value is -2.92. The Morgan fingerprint density at radius 1 is 0.968 bits per heavy atom.